The summed E-state index contributed by atoms with van der Waals surface area (Å²) in [5.41, 5.74) is 5.59. The lowest BCUT2D eigenvalue weighted by Gasteiger charge is -2.32. The third kappa shape index (κ3) is 17.0. The number of carbonyl (C=O) groups is 14. The fourth-order valence-corrected chi connectivity index (χ4v) is 10.1. The average Bonchev–Trinajstić information content (AvgIpc) is 4.25. The molecular weight excluding hydrogens is 1050 g/mol. The number of likely N-dealkylation sites (tertiary alicyclic amines) is 4. The van der Waals surface area contributed by atoms with Crippen LogP contribution in [-0.2, 0) is 67.1 Å². The van der Waals surface area contributed by atoms with Gasteiger partial charge in [-0.25, -0.2) is 4.79 Å². The molecule has 29 heteroatoms. The van der Waals surface area contributed by atoms with Crippen molar-refractivity contribution in [2.24, 2.45) is 17.6 Å². The number of hydrogen-bond donors (Lipinski definition) is 11. The molecule has 4 aliphatic heterocycles. The van der Waals surface area contributed by atoms with Gasteiger partial charge in [-0.1, -0.05) is 27.7 Å². The molecule has 12 N–H and O–H groups in total. The van der Waals surface area contributed by atoms with Gasteiger partial charge in [0.15, 0.2) is 0 Å². The number of carbonyl (C=O) groups excluding carboxylic acids is 12. The van der Waals surface area contributed by atoms with Crippen LogP contribution in [0.5, 0.6) is 0 Å². The van der Waals surface area contributed by atoms with Crippen LogP contribution in [0.25, 0.3) is 0 Å². The summed E-state index contributed by atoms with van der Waals surface area (Å²) in [6.07, 6.45) is 2.15. The van der Waals surface area contributed by atoms with Crippen molar-refractivity contribution in [2.75, 3.05) is 32.7 Å². The van der Waals surface area contributed by atoms with Crippen LogP contribution < -0.4 is 48.3 Å². The maximum atomic E-state index is 13.8. The van der Waals surface area contributed by atoms with Crippen molar-refractivity contribution in [1.82, 2.24) is 62.1 Å². The maximum absolute atomic E-state index is 13.8. The molecule has 12 amide bonds. The number of amides is 12. The molecule has 0 unspecified atom stereocenters. The van der Waals surface area contributed by atoms with Crippen LogP contribution in [0.1, 0.15) is 120 Å². The second-order valence-electron chi connectivity index (χ2n) is 21.7. The molecule has 4 saturated heterocycles. The van der Waals surface area contributed by atoms with Crippen molar-refractivity contribution in [2.45, 2.75) is 193 Å². The molecule has 0 spiro atoms. The van der Waals surface area contributed by atoms with Crippen LogP contribution in [-0.4, -0.2) is 218 Å². The maximum Gasteiger partial charge on any atom is 0.326 e. The van der Waals surface area contributed by atoms with Crippen LogP contribution in [0.3, 0.4) is 0 Å². The Morgan fingerprint density at radius 2 is 0.775 bits per heavy atom. The highest BCUT2D eigenvalue weighted by molar-refractivity contribution is 5.99. The monoisotopic (exact) mass is 1130 g/mol. The highest BCUT2D eigenvalue weighted by Crippen LogP contribution is 2.24. The molecule has 4 aliphatic rings. The Morgan fingerprint density at radius 1 is 0.425 bits per heavy atom. The molecule has 29 nitrogen and oxygen atoms in total. The summed E-state index contributed by atoms with van der Waals surface area (Å²) < 4.78 is 0. The summed E-state index contributed by atoms with van der Waals surface area (Å²) in [4.78, 5) is 188. The number of hydrogen-bond acceptors (Lipinski definition) is 15. The molecule has 0 aliphatic carbocycles. The summed E-state index contributed by atoms with van der Waals surface area (Å²) in [5, 5.41) is 38.8. The number of nitrogens with zero attached hydrogens (tertiary/aromatic N) is 4. The fraction of sp³-hybridized carbons (Fsp3) is 0.725. The first-order valence-corrected chi connectivity index (χ1v) is 27.3. The Hall–Kier alpha value is -7.46. The largest absolute Gasteiger partial charge is 0.481 e. The van der Waals surface area contributed by atoms with E-state index in [4.69, 9.17) is 10.8 Å². The first-order valence-electron chi connectivity index (χ1n) is 27.3. The number of rotatable bonds is 25. The van der Waals surface area contributed by atoms with Gasteiger partial charge >= 0.3 is 11.9 Å². The van der Waals surface area contributed by atoms with Crippen LogP contribution in [0.2, 0.25) is 0 Å². The molecule has 0 radical (unpaired) electrons. The SMILES string of the molecule is CC(C)[C@@H](NC(=O)[C@H]1CCCN1C(=O)[C@H](NC(=O)[C@@H](C)NC(=O)[C@H]1CCCN1C(=O)CNC(=O)[C@@H](C)NC(=O)[C@H]1CCCN1C(=O)[C@@H](C)NC(=O)[C@@H](C)NC(=O)[C@H]1CCCN1C(=O)[C@@H](C)NC(=O)[C@H](N)CC(=O)O)C(C)C)C(=O)O. The molecular formula is C51H81N13O16. The van der Waals surface area contributed by atoms with Gasteiger partial charge in [0.25, 0.3) is 0 Å². The lowest BCUT2D eigenvalue weighted by Crippen LogP contribution is -2.59. The van der Waals surface area contributed by atoms with E-state index in [1.807, 2.05) is 0 Å². The van der Waals surface area contributed by atoms with Gasteiger partial charge in [0, 0.05) is 26.2 Å². The Bertz CT molecular complexity index is 2390. The van der Waals surface area contributed by atoms with Crippen molar-refractivity contribution in [3.63, 3.8) is 0 Å². The summed E-state index contributed by atoms with van der Waals surface area (Å²) in [6, 6.07) is -13.5. The molecule has 0 saturated carbocycles. The van der Waals surface area contributed by atoms with E-state index in [1.54, 1.807) is 27.7 Å². The first kappa shape index (κ1) is 65.1. The molecule has 0 aromatic carbocycles. The van der Waals surface area contributed by atoms with Crippen molar-refractivity contribution in [1.29, 1.82) is 0 Å². The van der Waals surface area contributed by atoms with E-state index >= 15 is 0 Å². The molecule has 4 heterocycles. The molecule has 4 fully saturated rings. The summed E-state index contributed by atoms with van der Waals surface area (Å²) in [5.74, 6) is -11.4. The van der Waals surface area contributed by atoms with Gasteiger partial charge in [-0.15, -0.1) is 0 Å². The van der Waals surface area contributed by atoms with Gasteiger partial charge in [-0.3, -0.25) is 62.3 Å². The van der Waals surface area contributed by atoms with Crippen LogP contribution >= 0.6 is 0 Å². The average molecular weight is 1130 g/mol. The third-order valence-electron chi connectivity index (χ3n) is 14.7. The topological polar surface area (TPSA) is 415 Å². The summed E-state index contributed by atoms with van der Waals surface area (Å²) >= 11 is 0. The van der Waals surface area contributed by atoms with E-state index in [0.29, 0.717) is 32.1 Å². The lowest BCUT2D eigenvalue weighted by molar-refractivity contribution is -0.146. The normalized spacial score (nSPS) is 21.9. The van der Waals surface area contributed by atoms with E-state index in [2.05, 4.69) is 42.5 Å². The predicted molar refractivity (Wildman–Crippen MR) is 281 cm³/mol. The molecule has 0 aromatic rings. The lowest BCUT2D eigenvalue weighted by atomic mass is 10.0. The van der Waals surface area contributed by atoms with Crippen LogP contribution in [0.4, 0.5) is 0 Å². The molecule has 4 rings (SSSR count). The fourth-order valence-electron chi connectivity index (χ4n) is 10.1. The number of nitrogens with one attached hydrogen (secondary N) is 8. The van der Waals surface area contributed by atoms with Gasteiger partial charge in [0.1, 0.15) is 66.5 Å². The summed E-state index contributed by atoms with van der Waals surface area (Å²) in [6.45, 7) is 13.8. The number of carboxylic acid groups (broad SMARTS) is 2. The van der Waals surface area contributed by atoms with Gasteiger partial charge in [-0.05, 0) is 97.8 Å². The molecule has 446 valence electrons. The van der Waals surface area contributed by atoms with Gasteiger partial charge < -0.3 is 78.1 Å². The van der Waals surface area contributed by atoms with E-state index < -0.39 is 180 Å². The van der Waals surface area contributed by atoms with E-state index in [0.717, 1.165) is 0 Å². The number of aliphatic carboxylic acids is 2. The smallest absolute Gasteiger partial charge is 0.326 e. The highest BCUT2D eigenvalue weighted by atomic mass is 16.4. The molecule has 12 atom stereocenters. The van der Waals surface area contributed by atoms with Gasteiger partial charge in [-0.2, -0.15) is 0 Å². The van der Waals surface area contributed by atoms with Crippen molar-refractivity contribution in [3.8, 4) is 0 Å². The zero-order valence-electron chi connectivity index (χ0n) is 47.0. The van der Waals surface area contributed by atoms with E-state index in [1.165, 1.54) is 54.2 Å². The molecule has 0 bridgehead atoms. The minimum absolute atomic E-state index is 0.152. The Morgan fingerprint density at radius 3 is 1.18 bits per heavy atom. The van der Waals surface area contributed by atoms with Gasteiger partial charge in [0.2, 0.25) is 70.9 Å². The predicted octanol–water partition coefficient (Wildman–Crippen LogP) is -4.24. The highest BCUT2D eigenvalue weighted by Gasteiger charge is 2.43. The zero-order valence-corrected chi connectivity index (χ0v) is 47.0. The Labute approximate surface area is 464 Å². The van der Waals surface area contributed by atoms with E-state index in [-0.39, 0.29) is 45.4 Å². The second-order valence-corrected chi connectivity index (χ2v) is 21.7. The Kier molecular flexibility index (Phi) is 23.7. The number of carboxylic acids is 2. The molecule has 80 heavy (non-hydrogen) atoms. The second kappa shape index (κ2) is 29.1. The minimum atomic E-state index is -1.40. The quantitative estimate of drug-likeness (QED) is 0.0413. The van der Waals surface area contributed by atoms with E-state index in [9.17, 15) is 72.2 Å². The van der Waals surface area contributed by atoms with Crippen LogP contribution in [0, 0.1) is 11.8 Å². The standard InChI is InChI=1S/C51H81N13O16/c1-24(2)38(50(78)64-21-13-17-35(64)47(75)60-39(25(3)4)51(79)80)59-42(70)28(7)56-44(72)32-14-10-18-61(32)36(65)23-53-40(68)26(5)54-45(73)33-15-11-19-62(33)48(76)29(8)57-41(69)27(6)55-46(74)34-16-12-20-63(34)49(77)30(9)58-43(71)31(52)22-37(66)67/h24-35,38-39H,10-23,52H2,1-9H3,(H,53,68)(H,54,73)(H,55,74)(H,56,72)(H,57,69)(H,58,71)(H,59,70)(H,60,75)(H,66,67)(H,79,80)/t26-,27-,28-,29-,30-,31-,32-,33-,34-,35-,38-,39-/m1/s1. The third-order valence-corrected chi connectivity index (χ3v) is 14.7. The van der Waals surface area contributed by atoms with Gasteiger partial charge in [0.05, 0.1) is 19.0 Å². The number of nitrogens with two attached hydrogens (primary N) is 1. The first-order chi connectivity index (χ1) is 37.5. The zero-order chi connectivity index (χ0) is 60.0. The van der Waals surface area contributed by atoms with Crippen molar-refractivity contribution in [3.05, 3.63) is 0 Å². The van der Waals surface area contributed by atoms with Crippen molar-refractivity contribution >= 4 is 82.8 Å². The molecule has 0 aromatic heterocycles. The van der Waals surface area contributed by atoms with Crippen molar-refractivity contribution < 1.29 is 77.3 Å². The van der Waals surface area contributed by atoms with Crippen LogP contribution in [0.15, 0.2) is 0 Å². The minimum Gasteiger partial charge on any atom is -0.481 e. The summed E-state index contributed by atoms with van der Waals surface area (Å²) in [7, 11) is 0. The Balaban J connectivity index is 1.23.